The van der Waals surface area contributed by atoms with Crippen LogP contribution in [-0.4, -0.2) is 16.1 Å². The van der Waals surface area contributed by atoms with Crippen molar-refractivity contribution in [3.63, 3.8) is 0 Å². The van der Waals surface area contributed by atoms with Gasteiger partial charge in [0, 0.05) is 0 Å². The maximum Gasteiger partial charge on any atom is 0.322 e. The molecule has 3 aromatic rings. The number of carbonyl (C=O) groups excluding carboxylic acids is 1. The van der Waals surface area contributed by atoms with Gasteiger partial charge >= 0.3 is 6.01 Å². The van der Waals surface area contributed by atoms with E-state index in [1.54, 1.807) is 0 Å². The summed E-state index contributed by atoms with van der Waals surface area (Å²) in [4.78, 5) is 12.1. The van der Waals surface area contributed by atoms with Crippen molar-refractivity contribution in [3.8, 4) is 11.5 Å². The first-order valence-corrected chi connectivity index (χ1v) is 7.69. The first-order valence-electron chi connectivity index (χ1n) is 7.69. The Hall–Kier alpha value is -2.89. The summed E-state index contributed by atoms with van der Waals surface area (Å²) in [5.74, 6) is 1.59. The smallest absolute Gasteiger partial charge is 0.322 e. The molecule has 0 aliphatic heterocycles. The van der Waals surface area contributed by atoms with Gasteiger partial charge in [0.1, 0.15) is 11.5 Å². The highest BCUT2D eigenvalue weighted by atomic mass is 16.4. The van der Waals surface area contributed by atoms with Gasteiger partial charge in [0.2, 0.25) is 5.91 Å². The summed E-state index contributed by atoms with van der Waals surface area (Å²) < 4.78 is 10.9. The summed E-state index contributed by atoms with van der Waals surface area (Å²) in [6, 6.07) is 7.86. The van der Waals surface area contributed by atoms with Crippen LogP contribution >= 0.6 is 0 Å². The molecule has 0 aliphatic carbocycles. The number of carbonyl (C=O) groups is 1. The molecule has 0 atom stereocenters. The number of nitrogens with zero attached hydrogens (tertiary/aromatic N) is 2. The lowest BCUT2D eigenvalue weighted by atomic mass is 10.0. The largest absolute Gasteiger partial charge is 0.466 e. The number of anilines is 1. The monoisotopic (exact) mass is 325 g/mol. The number of rotatable bonds is 4. The lowest BCUT2D eigenvalue weighted by Gasteiger charge is -2.04. The molecular formula is C18H19N3O3. The number of hydrogen-bond donors (Lipinski definition) is 1. The maximum absolute atomic E-state index is 12.1. The van der Waals surface area contributed by atoms with E-state index in [0.717, 1.165) is 22.5 Å². The van der Waals surface area contributed by atoms with Crippen molar-refractivity contribution in [3.05, 3.63) is 52.5 Å². The van der Waals surface area contributed by atoms with E-state index in [0.29, 0.717) is 11.7 Å². The zero-order valence-corrected chi connectivity index (χ0v) is 14.1. The number of amides is 1. The molecule has 0 fully saturated rings. The second kappa shape index (κ2) is 6.31. The van der Waals surface area contributed by atoms with Crippen molar-refractivity contribution in [1.29, 1.82) is 0 Å². The third kappa shape index (κ3) is 3.37. The molecule has 0 radical (unpaired) electrons. The van der Waals surface area contributed by atoms with Gasteiger partial charge in [0.25, 0.3) is 5.89 Å². The second-order valence-electron chi connectivity index (χ2n) is 5.88. The highest BCUT2D eigenvalue weighted by Crippen LogP contribution is 2.26. The van der Waals surface area contributed by atoms with E-state index in [2.05, 4.69) is 15.5 Å². The molecular weight excluding hydrogens is 306 g/mol. The minimum atomic E-state index is -0.200. The van der Waals surface area contributed by atoms with E-state index < -0.39 is 0 Å². The summed E-state index contributed by atoms with van der Waals surface area (Å²) in [6.45, 7) is 7.73. The molecule has 1 N–H and O–H groups in total. The highest BCUT2D eigenvalue weighted by Gasteiger charge is 2.16. The Morgan fingerprint density at radius 3 is 2.50 bits per heavy atom. The molecule has 0 saturated heterocycles. The van der Waals surface area contributed by atoms with Crippen LogP contribution in [0.5, 0.6) is 0 Å². The standard InChI is InChI=1S/C18H19N3O3/c1-10-5-6-14(7-11(10)2)9-16(22)19-18-21-20-17(24-18)15-8-12(3)23-13(15)4/h5-8H,9H2,1-4H3,(H,19,21,22). The molecule has 3 rings (SSSR count). The van der Waals surface area contributed by atoms with Crippen LogP contribution in [0.2, 0.25) is 0 Å². The Labute approximate surface area is 139 Å². The number of aromatic nitrogens is 2. The van der Waals surface area contributed by atoms with Crippen molar-refractivity contribution in [2.75, 3.05) is 5.32 Å². The van der Waals surface area contributed by atoms with E-state index in [1.165, 1.54) is 5.56 Å². The normalized spacial score (nSPS) is 10.8. The van der Waals surface area contributed by atoms with Gasteiger partial charge < -0.3 is 8.83 Å². The third-order valence-corrected chi connectivity index (χ3v) is 3.88. The molecule has 6 heteroatoms. The molecule has 0 unspecified atom stereocenters. The fraction of sp³-hybridized carbons (Fsp3) is 0.278. The molecule has 2 heterocycles. The highest BCUT2D eigenvalue weighted by molar-refractivity contribution is 5.90. The Morgan fingerprint density at radius 2 is 1.83 bits per heavy atom. The number of furan rings is 1. The van der Waals surface area contributed by atoms with Gasteiger partial charge in [-0.2, -0.15) is 0 Å². The molecule has 0 saturated carbocycles. The van der Waals surface area contributed by atoms with E-state index in [1.807, 2.05) is 52.0 Å². The maximum atomic E-state index is 12.1. The minimum absolute atomic E-state index is 0.0806. The average molecular weight is 325 g/mol. The molecule has 2 aromatic heterocycles. The number of aryl methyl sites for hydroxylation is 4. The third-order valence-electron chi connectivity index (χ3n) is 3.88. The molecule has 0 aliphatic rings. The van der Waals surface area contributed by atoms with Gasteiger partial charge in [0.15, 0.2) is 0 Å². The van der Waals surface area contributed by atoms with Gasteiger partial charge in [-0.05, 0) is 50.5 Å². The van der Waals surface area contributed by atoms with E-state index in [4.69, 9.17) is 8.83 Å². The zero-order chi connectivity index (χ0) is 17.3. The summed E-state index contributed by atoms with van der Waals surface area (Å²) in [7, 11) is 0. The van der Waals surface area contributed by atoms with Gasteiger partial charge in [-0.15, -0.1) is 5.10 Å². The van der Waals surface area contributed by atoms with Crippen LogP contribution in [-0.2, 0) is 11.2 Å². The van der Waals surface area contributed by atoms with Crippen LogP contribution in [0.15, 0.2) is 33.1 Å². The molecule has 1 aromatic carbocycles. The van der Waals surface area contributed by atoms with Gasteiger partial charge in [-0.3, -0.25) is 10.1 Å². The molecule has 1 amide bonds. The van der Waals surface area contributed by atoms with Crippen LogP contribution in [0.4, 0.5) is 6.01 Å². The molecule has 124 valence electrons. The van der Waals surface area contributed by atoms with Gasteiger partial charge in [-0.1, -0.05) is 23.3 Å². The van der Waals surface area contributed by atoms with E-state index in [-0.39, 0.29) is 18.3 Å². The van der Waals surface area contributed by atoms with E-state index in [9.17, 15) is 4.79 Å². The number of hydrogen-bond acceptors (Lipinski definition) is 5. The summed E-state index contributed by atoms with van der Waals surface area (Å²) in [5, 5.41) is 10.5. The van der Waals surface area contributed by atoms with Crippen LogP contribution in [0.25, 0.3) is 11.5 Å². The Bertz CT molecular complexity index is 893. The Morgan fingerprint density at radius 1 is 1.04 bits per heavy atom. The first-order chi connectivity index (χ1) is 11.4. The van der Waals surface area contributed by atoms with Crippen LogP contribution in [0, 0.1) is 27.7 Å². The van der Waals surface area contributed by atoms with Crippen molar-refractivity contribution < 1.29 is 13.6 Å². The summed E-state index contributed by atoms with van der Waals surface area (Å²) in [5.41, 5.74) is 4.03. The number of nitrogens with one attached hydrogen (secondary N) is 1. The van der Waals surface area contributed by atoms with Crippen molar-refractivity contribution in [2.45, 2.75) is 34.1 Å². The molecule has 0 bridgehead atoms. The predicted octanol–water partition coefficient (Wildman–Crippen LogP) is 3.74. The van der Waals surface area contributed by atoms with Gasteiger partial charge in [0.05, 0.1) is 12.0 Å². The molecule has 0 spiro atoms. The summed E-state index contributed by atoms with van der Waals surface area (Å²) >= 11 is 0. The first kappa shape index (κ1) is 16.0. The molecule has 24 heavy (non-hydrogen) atoms. The average Bonchev–Trinajstić information content (AvgIpc) is 3.09. The lowest BCUT2D eigenvalue weighted by molar-refractivity contribution is -0.115. The topological polar surface area (TPSA) is 81.2 Å². The van der Waals surface area contributed by atoms with Crippen LogP contribution < -0.4 is 5.32 Å². The van der Waals surface area contributed by atoms with E-state index >= 15 is 0 Å². The van der Waals surface area contributed by atoms with Crippen molar-refractivity contribution in [1.82, 2.24) is 10.2 Å². The fourth-order valence-electron chi connectivity index (χ4n) is 2.49. The van der Waals surface area contributed by atoms with Gasteiger partial charge in [-0.25, -0.2) is 0 Å². The Kier molecular flexibility index (Phi) is 4.20. The minimum Gasteiger partial charge on any atom is -0.466 e. The molecule has 6 nitrogen and oxygen atoms in total. The number of benzene rings is 1. The summed E-state index contributed by atoms with van der Waals surface area (Å²) in [6.07, 6.45) is 0.253. The zero-order valence-electron chi connectivity index (χ0n) is 14.1. The SMILES string of the molecule is Cc1cc(-c2nnc(NC(=O)Cc3ccc(C)c(C)c3)o2)c(C)o1. The lowest BCUT2D eigenvalue weighted by Crippen LogP contribution is -2.14. The Balaban J connectivity index is 1.69. The second-order valence-corrected chi connectivity index (χ2v) is 5.88. The fourth-order valence-corrected chi connectivity index (χ4v) is 2.49. The van der Waals surface area contributed by atoms with Crippen molar-refractivity contribution >= 4 is 11.9 Å². The van der Waals surface area contributed by atoms with Crippen LogP contribution in [0.3, 0.4) is 0 Å². The predicted molar refractivity (Wildman–Crippen MR) is 89.7 cm³/mol. The quantitative estimate of drug-likeness (QED) is 0.790. The van der Waals surface area contributed by atoms with Crippen molar-refractivity contribution in [2.24, 2.45) is 0 Å². The van der Waals surface area contributed by atoms with Crippen LogP contribution in [0.1, 0.15) is 28.2 Å².